The van der Waals surface area contributed by atoms with E-state index < -0.39 is 17.5 Å². The standard InChI is InChI=1S/C26H22Cl2F2N2O4/c27-18-2-1-3-19(28)22(18)23-17(24(36-31-23)26(30)6-7-26)12-35-21-10-15-8-13(21)11-32(15)14-4-5-16(25(33)34)20(29)9-14/h1-5,9,13,15,21H,6-8,10-12H2,(H,33,34)/t13-,15-,21+/m0/s1. The van der Waals surface area contributed by atoms with Crippen LogP contribution in [0.5, 0.6) is 0 Å². The number of benzene rings is 2. The van der Waals surface area contributed by atoms with Crippen LogP contribution in [0, 0.1) is 11.7 Å². The molecule has 3 aliphatic rings. The van der Waals surface area contributed by atoms with Gasteiger partial charge in [-0.05, 0) is 56.0 Å². The Kier molecular flexibility index (Phi) is 5.74. The molecule has 0 amide bonds. The molecule has 6 nitrogen and oxygen atoms in total. The van der Waals surface area contributed by atoms with Gasteiger partial charge >= 0.3 is 5.97 Å². The average molecular weight is 535 g/mol. The molecule has 1 aliphatic heterocycles. The predicted molar refractivity (Wildman–Crippen MR) is 130 cm³/mol. The molecule has 2 heterocycles. The lowest BCUT2D eigenvalue weighted by atomic mass is 10.0. The molecular weight excluding hydrogens is 513 g/mol. The van der Waals surface area contributed by atoms with Gasteiger partial charge in [0.05, 0.1) is 33.9 Å². The number of carbonyl (C=O) groups is 1. The number of alkyl halides is 1. The molecule has 3 fully saturated rings. The molecule has 2 saturated carbocycles. The van der Waals surface area contributed by atoms with Crippen molar-refractivity contribution < 1.29 is 27.9 Å². The highest BCUT2D eigenvalue weighted by Gasteiger charge is 2.51. The first-order valence-electron chi connectivity index (χ1n) is 11.8. The third-order valence-corrected chi connectivity index (χ3v) is 8.15. The lowest BCUT2D eigenvalue weighted by Gasteiger charge is -2.33. The first kappa shape index (κ1) is 23.7. The third kappa shape index (κ3) is 3.96. The van der Waals surface area contributed by atoms with Crippen LogP contribution < -0.4 is 4.90 Å². The molecule has 6 rings (SSSR count). The highest BCUT2D eigenvalue weighted by atomic mass is 35.5. The summed E-state index contributed by atoms with van der Waals surface area (Å²) in [5.41, 5.74) is 0.178. The Balaban J connectivity index is 1.20. The van der Waals surface area contributed by atoms with Gasteiger partial charge in [0.25, 0.3) is 0 Å². The minimum atomic E-state index is -1.55. The number of rotatable bonds is 7. The van der Waals surface area contributed by atoms with E-state index in [4.69, 9.17) is 37.6 Å². The fraction of sp³-hybridized carbons (Fsp3) is 0.385. The fourth-order valence-electron chi connectivity index (χ4n) is 5.53. The lowest BCUT2D eigenvalue weighted by Crippen LogP contribution is -2.38. The van der Waals surface area contributed by atoms with Gasteiger partial charge in [0.15, 0.2) is 11.4 Å². The Morgan fingerprint density at radius 2 is 1.97 bits per heavy atom. The van der Waals surface area contributed by atoms with Gasteiger partial charge in [0.2, 0.25) is 0 Å². The number of ether oxygens (including phenoxy) is 1. The van der Waals surface area contributed by atoms with E-state index in [9.17, 15) is 9.18 Å². The first-order valence-corrected chi connectivity index (χ1v) is 12.5. The SMILES string of the molecule is O=C(O)c1ccc(N2C[C@@H]3C[C@H]2C[C@H]3OCc2c(-c3c(Cl)cccc3Cl)noc2C2(F)CC2)cc1F. The van der Waals surface area contributed by atoms with Crippen LogP contribution in [-0.4, -0.2) is 34.9 Å². The van der Waals surface area contributed by atoms with Gasteiger partial charge in [-0.3, -0.25) is 0 Å². The molecule has 0 spiro atoms. The molecule has 1 saturated heterocycles. The third-order valence-electron chi connectivity index (χ3n) is 7.52. The van der Waals surface area contributed by atoms with Crippen LogP contribution in [0.25, 0.3) is 11.3 Å². The van der Waals surface area contributed by atoms with Crippen molar-refractivity contribution in [3.05, 3.63) is 69.1 Å². The van der Waals surface area contributed by atoms with Gasteiger partial charge in [-0.15, -0.1) is 0 Å². The second-order valence-electron chi connectivity index (χ2n) is 9.76. The van der Waals surface area contributed by atoms with Crippen molar-refractivity contribution >= 4 is 34.9 Å². The van der Waals surface area contributed by atoms with Crippen molar-refractivity contribution in [2.45, 2.75) is 50.1 Å². The number of hydrogen-bond acceptors (Lipinski definition) is 5. The van der Waals surface area contributed by atoms with E-state index in [1.165, 1.54) is 12.1 Å². The van der Waals surface area contributed by atoms with E-state index in [1.807, 2.05) is 0 Å². The smallest absolute Gasteiger partial charge is 0.338 e. The minimum absolute atomic E-state index is 0.0681. The van der Waals surface area contributed by atoms with Gasteiger partial charge in [0.1, 0.15) is 11.5 Å². The van der Waals surface area contributed by atoms with Crippen LogP contribution in [0.3, 0.4) is 0 Å². The van der Waals surface area contributed by atoms with E-state index in [0.717, 1.165) is 12.8 Å². The molecule has 0 unspecified atom stereocenters. The molecule has 2 aromatic carbocycles. The Labute approximate surface area is 215 Å². The van der Waals surface area contributed by atoms with Crippen LogP contribution in [0.15, 0.2) is 40.9 Å². The zero-order valence-corrected chi connectivity index (χ0v) is 20.5. The Bertz CT molecular complexity index is 1340. The van der Waals surface area contributed by atoms with E-state index in [0.29, 0.717) is 51.9 Å². The Hall–Kier alpha value is -2.68. The lowest BCUT2D eigenvalue weighted by molar-refractivity contribution is 0.0114. The van der Waals surface area contributed by atoms with Crippen LogP contribution in [0.4, 0.5) is 14.5 Å². The largest absolute Gasteiger partial charge is 0.478 e. The number of carboxylic acid groups (broad SMARTS) is 1. The van der Waals surface area contributed by atoms with Gasteiger partial charge in [-0.1, -0.05) is 34.4 Å². The monoisotopic (exact) mass is 534 g/mol. The van der Waals surface area contributed by atoms with Gasteiger partial charge in [-0.25, -0.2) is 13.6 Å². The quantitative estimate of drug-likeness (QED) is 0.366. The number of anilines is 1. The van der Waals surface area contributed by atoms with Crippen molar-refractivity contribution in [3.8, 4) is 11.3 Å². The highest BCUT2D eigenvalue weighted by molar-refractivity contribution is 6.39. The number of nitrogens with zero attached hydrogens (tertiary/aromatic N) is 2. The van der Waals surface area contributed by atoms with E-state index >= 15 is 4.39 Å². The number of piperidine rings is 1. The summed E-state index contributed by atoms with van der Waals surface area (Å²) in [7, 11) is 0. The number of aromatic nitrogens is 1. The molecule has 1 aromatic heterocycles. The summed E-state index contributed by atoms with van der Waals surface area (Å²) in [5.74, 6) is -1.66. The summed E-state index contributed by atoms with van der Waals surface area (Å²) in [4.78, 5) is 13.2. The molecule has 3 atom stereocenters. The number of aromatic carboxylic acids is 1. The normalized spacial score (nSPS) is 23.9. The summed E-state index contributed by atoms with van der Waals surface area (Å²) in [5, 5.41) is 14.0. The first-order chi connectivity index (χ1) is 17.2. The minimum Gasteiger partial charge on any atom is -0.478 e. The Morgan fingerprint density at radius 3 is 2.58 bits per heavy atom. The predicted octanol–water partition coefficient (Wildman–Crippen LogP) is 6.63. The molecule has 2 aliphatic carbocycles. The van der Waals surface area contributed by atoms with E-state index in [1.54, 1.807) is 24.3 Å². The van der Waals surface area contributed by atoms with Crippen molar-refractivity contribution in [1.82, 2.24) is 5.16 Å². The number of fused-ring (bicyclic) bond motifs is 2. The second-order valence-corrected chi connectivity index (χ2v) is 10.6. The number of hydrogen-bond donors (Lipinski definition) is 1. The van der Waals surface area contributed by atoms with Crippen LogP contribution in [0.1, 0.15) is 47.4 Å². The maximum absolute atomic E-state index is 15.1. The van der Waals surface area contributed by atoms with Crippen LogP contribution in [0.2, 0.25) is 10.0 Å². The van der Waals surface area contributed by atoms with E-state index in [2.05, 4.69) is 10.1 Å². The molecule has 0 radical (unpaired) electrons. The zero-order valence-electron chi connectivity index (χ0n) is 19.0. The van der Waals surface area contributed by atoms with Crippen molar-refractivity contribution in [2.24, 2.45) is 5.92 Å². The zero-order chi connectivity index (χ0) is 25.2. The summed E-state index contributed by atoms with van der Waals surface area (Å²) in [6.07, 6.45) is 2.26. The molecule has 10 heteroatoms. The summed E-state index contributed by atoms with van der Waals surface area (Å²) in [6.45, 7) is 0.769. The summed E-state index contributed by atoms with van der Waals surface area (Å²) >= 11 is 12.8. The average Bonchev–Trinajstić information content (AvgIpc) is 3.17. The summed E-state index contributed by atoms with van der Waals surface area (Å²) < 4.78 is 41.1. The van der Waals surface area contributed by atoms with Gasteiger partial charge < -0.3 is 19.3 Å². The van der Waals surface area contributed by atoms with E-state index in [-0.39, 0.29) is 36.0 Å². The number of carboxylic acids is 1. The summed E-state index contributed by atoms with van der Waals surface area (Å²) in [6, 6.07) is 9.48. The maximum Gasteiger partial charge on any atom is 0.338 e. The van der Waals surface area contributed by atoms with Crippen molar-refractivity contribution in [2.75, 3.05) is 11.4 Å². The van der Waals surface area contributed by atoms with Crippen LogP contribution in [-0.2, 0) is 17.0 Å². The molecule has 188 valence electrons. The van der Waals surface area contributed by atoms with Crippen molar-refractivity contribution in [1.29, 1.82) is 0 Å². The topological polar surface area (TPSA) is 75.8 Å². The van der Waals surface area contributed by atoms with Gasteiger partial charge in [0, 0.05) is 29.8 Å². The van der Waals surface area contributed by atoms with Crippen LogP contribution >= 0.6 is 23.2 Å². The number of halogens is 4. The molecule has 36 heavy (non-hydrogen) atoms. The van der Waals surface area contributed by atoms with Gasteiger partial charge in [-0.2, -0.15) is 0 Å². The fourth-order valence-corrected chi connectivity index (χ4v) is 6.10. The molecule has 3 aromatic rings. The second kappa shape index (κ2) is 8.71. The maximum atomic E-state index is 15.1. The molecular formula is C26H22Cl2F2N2O4. The molecule has 1 N–H and O–H groups in total. The highest BCUT2D eigenvalue weighted by Crippen LogP contribution is 2.53. The van der Waals surface area contributed by atoms with Crippen molar-refractivity contribution in [3.63, 3.8) is 0 Å². The molecule has 2 bridgehead atoms. The Morgan fingerprint density at radius 1 is 1.22 bits per heavy atom.